The molecule has 1 aromatic heterocycles. The van der Waals surface area contributed by atoms with E-state index in [0.29, 0.717) is 0 Å². The van der Waals surface area contributed by atoms with Crippen molar-refractivity contribution in [3.05, 3.63) is 63.0 Å². The van der Waals surface area contributed by atoms with E-state index in [1.807, 2.05) is 10.3 Å². The van der Waals surface area contributed by atoms with Gasteiger partial charge in [-0.2, -0.15) is 0 Å². The summed E-state index contributed by atoms with van der Waals surface area (Å²) >= 11 is 11.6. The molecular formula is C13H11Cl2N3O4S. The van der Waals surface area contributed by atoms with Gasteiger partial charge in [-0.15, -0.1) is 4.83 Å². The van der Waals surface area contributed by atoms with E-state index in [9.17, 15) is 18.0 Å². The van der Waals surface area contributed by atoms with Crippen LogP contribution in [0.3, 0.4) is 0 Å². The first-order valence-electron chi connectivity index (χ1n) is 6.21. The van der Waals surface area contributed by atoms with Gasteiger partial charge >= 0.3 is 0 Å². The van der Waals surface area contributed by atoms with Crippen LogP contribution in [0.4, 0.5) is 0 Å². The number of benzene rings is 1. The smallest absolute Gasteiger partial charge is 0.258 e. The van der Waals surface area contributed by atoms with Crippen molar-refractivity contribution in [2.45, 2.75) is 11.4 Å². The lowest BCUT2D eigenvalue weighted by atomic mass is 10.4. The fourth-order valence-corrected chi connectivity index (χ4v) is 3.28. The van der Waals surface area contributed by atoms with Crippen molar-refractivity contribution in [1.82, 2.24) is 14.8 Å². The fourth-order valence-electron chi connectivity index (χ4n) is 1.66. The van der Waals surface area contributed by atoms with Gasteiger partial charge in [0.15, 0.2) is 0 Å². The molecule has 2 aromatic rings. The quantitative estimate of drug-likeness (QED) is 0.766. The molecule has 23 heavy (non-hydrogen) atoms. The summed E-state index contributed by atoms with van der Waals surface area (Å²) in [5, 5.41) is -0.0908. The van der Waals surface area contributed by atoms with Crippen LogP contribution >= 0.6 is 23.2 Å². The van der Waals surface area contributed by atoms with Crippen LogP contribution in [0.1, 0.15) is 0 Å². The number of hydrogen-bond donors (Lipinski definition) is 2. The predicted molar refractivity (Wildman–Crippen MR) is 85.6 cm³/mol. The van der Waals surface area contributed by atoms with Crippen LogP contribution in [0, 0.1) is 0 Å². The summed E-state index contributed by atoms with van der Waals surface area (Å²) in [4.78, 5) is 24.8. The highest BCUT2D eigenvalue weighted by molar-refractivity contribution is 7.89. The first-order valence-corrected chi connectivity index (χ1v) is 8.45. The predicted octanol–water partition coefficient (Wildman–Crippen LogP) is 1.16. The van der Waals surface area contributed by atoms with E-state index in [0.717, 1.165) is 4.57 Å². The molecule has 0 unspecified atom stereocenters. The van der Waals surface area contributed by atoms with E-state index in [4.69, 9.17) is 23.2 Å². The van der Waals surface area contributed by atoms with Crippen LogP contribution in [0.25, 0.3) is 0 Å². The molecular weight excluding hydrogens is 365 g/mol. The molecule has 2 N–H and O–H groups in total. The fraction of sp³-hybridized carbons (Fsp3) is 0.0769. The molecule has 0 saturated heterocycles. The molecule has 0 aliphatic rings. The summed E-state index contributed by atoms with van der Waals surface area (Å²) in [5.41, 5.74) is 1.62. The largest absolute Gasteiger partial charge is 0.306 e. The summed E-state index contributed by atoms with van der Waals surface area (Å²) < 4.78 is 25.3. The van der Waals surface area contributed by atoms with Gasteiger partial charge in [-0.25, -0.2) is 8.42 Å². The highest BCUT2D eigenvalue weighted by atomic mass is 35.5. The van der Waals surface area contributed by atoms with Gasteiger partial charge < -0.3 is 4.57 Å². The number of nitrogens with one attached hydrogen (secondary N) is 2. The number of amides is 1. The van der Waals surface area contributed by atoms with Crippen molar-refractivity contribution in [3.63, 3.8) is 0 Å². The maximum Gasteiger partial charge on any atom is 0.258 e. The number of hydrogen-bond acceptors (Lipinski definition) is 4. The van der Waals surface area contributed by atoms with Crippen LogP contribution < -0.4 is 15.8 Å². The second kappa shape index (κ2) is 7.14. The van der Waals surface area contributed by atoms with Gasteiger partial charge in [0.1, 0.15) is 11.4 Å². The van der Waals surface area contributed by atoms with Crippen LogP contribution in [0.5, 0.6) is 0 Å². The molecule has 122 valence electrons. The monoisotopic (exact) mass is 375 g/mol. The summed E-state index contributed by atoms with van der Waals surface area (Å²) in [6, 6.07) is 8.47. The maximum atomic E-state index is 12.1. The SMILES string of the molecule is O=C(Cn1ccccc1=O)NNS(=O)(=O)c1cccc(Cl)c1Cl. The molecule has 0 fully saturated rings. The lowest BCUT2D eigenvalue weighted by Gasteiger charge is -2.11. The Kier molecular flexibility index (Phi) is 5.42. The Labute approximate surface area is 141 Å². The van der Waals surface area contributed by atoms with Crippen LogP contribution in [-0.2, 0) is 21.4 Å². The van der Waals surface area contributed by atoms with Crippen molar-refractivity contribution < 1.29 is 13.2 Å². The Bertz CT molecular complexity index is 896. The minimum atomic E-state index is -4.10. The number of sulfonamides is 1. The van der Waals surface area contributed by atoms with E-state index in [1.165, 1.54) is 36.5 Å². The van der Waals surface area contributed by atoms with E-state index in [1.54, 1.807) is 6.07 Å². The van der Waals surface area contributed by atoms with Crippen molar-refractivity contribution >= 4 is 39.1 Å². The Balaban J connectivity index is 2.08. The van der Waals surface area contributed by atoms with E-state index >= 15 is 0 Å². The highest BCUT2D eigenvalue weighted by Crippen LogP contribution is 2.28. The van der Waals surface area contributed by atoms with Crippen LogP contribution in [-0.4, -0.2) is 18.9 Å². The third-order valence-electron chi connectivity index (χ3n) is 2.74. The van der Waals surface area contributed by atoms with E-state index in [2.05, 4.69) is 0 Å². The van der Waals surface area contributed by atoms with Crippen molar-refractivity contribution in [2.24, 2.45) is 0 Å². The molecule has 0 aliphatic heterocycles. The van der Waals surface area contributed by atoms with E-state index in [-0.39, 0.29) is 27.0 Å². The zero-order valence-electron chi connectivity index (χ0n) is 11.5. The van der Waals surface area contributed by atoms with Crippen LogP contribution in [0.15, 0.2) is 52.3 Å². The number of rotatable bonds is 5. The molecule has 1 aromatic carbocycles. The van der Waals surface area contributed by atoms with Gasteiger partial charge in [-0.3, -0.25) is 15.0 Å². The molecule has 10 heteroatoms. The normalized spacial score (nSPS) is 11.2. The summed E-state index contributed by atoms with van der Waals surface area (Å²) in [6.45, 7) is -0.342. The minimum Gasteiger partial charge on any atom is -0.306 e. The molecule has 0 bridgehead atoms. The van der Waals surface area contributed by atoms with Gasteiger partial charge in [0, 0.05) is 12.3 Å². The van der Waals surface area contributed by atoms with E-state index < -0.39 is 15.9 Å². The minimum absolute atomic E-state index is 0.0664. The number of pyridine rings is 1. The van der Waals surface area contributed by atoms with Crippen molar-refractivity contribution in [2.75, 3.05) is 0 Å². The molecule has 1 heterocycles. The highest BCUT2D eigenvalue weighted by Gasteiger charge is 2.20. The average molecular weight is 376 g/mol. The first kappa shape index (κ1) is 17.5. The summed E-state index contributed by atoms with van der Waals surface area (Å²) in [6.07, 6.45) is 1.41. The molecule has 0 spiro atoms. The van der Waals surface area contributed by atoms with Crippen molar-refractivity contribution in [1.29, 1.82) is 0 Å². The van der Waals surface area contributed by atoms with Gasteiger partial charge in [0.2, 0.25) is 0 Å². The zero-order valence-corrected chi connectivity index (χ0v) is 13.8. The number of carbonyl (C=O) groups excluding carboxylic acids is 1. The maximum absolute atomic E-state index is 12.1. The molecule has 0 atom stereocenters. The summed E-state index contributed by atoms with van der Waals surface area (Å²) in [5.74, 6) is -0.722. The zero-order chi connectivity index (χ0) is 17.0. The number of aromatic nitrogens is 1. The lowest BCUT2D eigenvalue weighted by Crippen LogP contribution is -2.44. The standard InChI is InChI=1S/C13H11Cl2N3O4S/c14-9-4-3-5-10(13(9)15)23(21,22)17-16-11(19)8-18-7-2-1-6-12(18)20/h1-7,17H,8H2,(H,16,19). The third kappa shape index (κ3) is 4.32. The first-order chi connectivity index (χ1) is 10.8. The molecule has 7 nitrogen and oxygen atoms in total. The molecule has 0 aliphatic carbocycles. The Morgan fingerprint density at radius 3 is 2.57 bits per heavy atom. The van der Waals surface area contributed by atoms with Gasteiger partial charge in [-0.05, 0) is 18.2 Å². The molecule has 2 rings (SSSR count). The molecule has 0 radical (unpaired) electrons. The topological polar surface area (TPSA) is 97.3 Å². The third-order valence-corrected chi connectivity index (χ3v) is 4.96. The Hall–Kier alpha value is -1.87. The lowest BCUT2D eigenvalue weighted by molar-refractivity contribution is -0.122. The van der Waals surface area contributed by atoms with Gasteiger partial charge in [0.05, 0.1) is 10.0 Å². The van der Waals surface area contributed by atoms with Crippen molar-refractivity contribution in [3.8, 4) is 0 Å². The number of halogens is 2. The summed E-state index contributed by atoms with van der Waals surface area (Å²) in [7, 11) is -4.10. The van der Waals surface area contributed by atoms with Crippen LogP contribution in [0.2, 0.25) is 10.0 Å². The number of hydrazine groups is 1. The van der Waals surface area contributed by atoms with Gasteiger partial charge in [0.25, 0.3) is 21.5 Å². The number of carbonyl (C=O) groups is 1. The van der Waals surface area contributed by atoms with Gasteiger partial charge in [-0.1, -0.05) is 35.3 Å². The Morgan fingerprint density at radius 2 is 1.87 bits per heavy atom. The Morgan fingerprint density at radius 1 is 1.13 bits per heavy atom. The molecule has 0 saturated carbocycles. The number of nitrogens with zero attached hydrogens (tertiary/aromatic N) is 1. The molecule has 1 amide bonds. The second-order valence-corrected chi connectivity index (χ2v) is 6.81. The second-order valence-electron chi connectivity index (χ2n) is 4.37. The average Bonchev–Trinajstić information content (AvgIpc) is 2.50.